The smallest absolute Gasteiger partial charge is 0.0181 e. The summed E-state index contributed by atoms with van der Waals surface area (Å²) < 4.78 is 0. The van der Waals surface area contributed by atoms with E-state index in [1.54, 1.807) is 0 Å². The molecule has 3 N–H and O–H groups in total. The van der Waals surface area contributed by atoms with E-state index in [0.29, 0.717) is 16.9 Å². The molecule has 106 valence electrons. The summed E-state index contributed by atoms with van der Waals surface area (Å²) in [5.41, 5.74) is 8.38. The molecular formula is C17H28N2. The number of rotatable bonds is 6. The van der Waals surface area contributed by atoms with Gasteiger partial charge in [-0.25, -0.2) is 0 Å². The summed E-state index contributed by atoms with van der Waals surface area (Å²) in [7, 11) is 0. The molecule has 1 aliphatic rings. The van der Waals surface area contributed by atoms with Crippen LogP contribution < -0.4 is 11.1 Å². The van der Waals surface area contributed by atoms with E-state index >= 15 is 0 Å². The number of hydrogen-bond acceptors (Lipinski definition) is 2. The molecule has 2 nitrogen and oxygen atoms in total. The summed E-state index contributed by atoms with van der Waals surface area (Å²) in [4.78, 5) is 0. The summed E-state index contributed by atoms with van der Waals surface area (Å²) >= 11 is 0. The van der Waals surface area contributed by atoms with Crippen molar-refractivity contribution < 1.29 is 0 Å². The lowest BCUT2D eigenvalue weighted by atomic mass is 10.0. The monoisotopic (exact) mass is 260 g/mol. The van der Waals surface area contributed by atoms with Gasteiger partial charge in [-0.15, -0.1) is 0 Å². The van der Waals surface area contributed by atoms with E-state index in [1.165, 1.54) is 5.56 Å². The second-order valence-electron chi connectivity index (χ2n) is 7.07. The molecule has 1 aliphatic carbocycles. The van der Waals surface area contributed by atoms with Crippen LogP contribution >= 0.6 is 0 Å². The molecule has 1 aromatic carbocycles. The van der Waals surface area contributed by atoms with Crippen LogP contribution in [0, 0.1) is 10.8 Å². The van der Waals surface area contributed by atoms with Crippen LogP contribution in [0.25, 0.3) is 0 Å². The van der Waals surface area contributed by atoms with Crippen LogP contribution in [0.3, 0.4) is 0 Å². The van der Waals surface area contributed by atoms with Crippen molar-refractivity contribution in [3.05, 3.63) is 35.9 Å². The Morgan fingerprint density at radius 3 is 2.21 bits per heavy atom. The number of aryl methyl sites for hydroxylation is 1. The van der Waals surface area contributed by atoms with Gasteiger partial charge in [0.25, 0.3) is 0 Å². The van der Waals surface area contributed by atoms with Crippen molar-refractivity contribution in [3.63, 3.8) is 0 Å². The van der Waals surface area contributed by atoms with Crippen LogP contribution in [0.15, 0.2) is 30.3 Å². The average molecular weight is 260 g/mol. The van der Waals surface area contributed by atoms with Crippen LogP contribution in [-0.2, 0) is 6.42 Å². The van der Waals surface area contributed by atoms with E-state index in [0.717, 1.165) is 19.4 Å². The molecule has 2 heteroatoms. The summed E-state index contributed by atoms with van der Waals surface area (Å²) in [6, 6.07) is 11.4. The molecule has 19 heavy (non-hydrogen) atoms. The second-order valence-corrected chi connectivity index (χ2v) is 7.07. The van der Waals surface area contributed by atoms with Crippen LogP contribution in [-0.4, -0.2) is 18.6 Å². The minimum Gasteiger partial charge on any atom is -0.327 e. The molecule has 0 spiro atoms. The molecule has 1 atom stereocenters. The molecule has 1 aromatic rings. The van der Waals surface area contributed by atoms with E-state index in [1.807, 2.05) is 0 Å². The van der Waals surface area contributed by atoms with Crippen molar-refractivity contribution in [2.45, 2.75) is 52.6 Å². The highest BCUT2D eigenvalue weighted by Gasteiger charge is 2.64. The van der Waals surface area contributed by atoms with Gasteiger partial charge >= 0.3 is 0 Å². The van der Waals surface area contributed by atoms with Crippen molar-refractivity contribution in [2.75, 3.05) is 6.54 Å². The molecule has 0 aliphatic heterocycles. The number of nitrogens with two attached hydrogens (primary N) is 1. The van der Waals surface area contributed by atoms with Gasteiger partial charge in [0.15, 0.2) is 0 Å². The Bertz CT molecular complexity index is 395. The van der Waals surface area contributed by atoms with E-state index in [9.17, 15) is 0 Å². The maximum Gasteiger partial charge on any atom is 0.0181 e. The van der Waals surface area contributed by atoms with Crippen molar-refractivity contribution in [3.8, 4) is 0 Å². The SMILES string of the molecule is CC1(C)C(NCC(N)CCc2ccccc2)C1(C)C. The van der Waals surface area contributed by atoms with Gasteiger partial charge in [0, 0.05) is 18.6 Å². The lowest BCUT2D eigenvalue weighted by molar-refractivity contribution is 0.457. The fourth-order valence-corrected chi connectivity index (χ4v) is 3.07. The Morgan fingerprint density at radius 2 is 1.68 bits per heavy atom. The normalized spacial score (nSPS) is 22.2. The zero-order valence-corrected chi connectivity index (χ0v) is 12.7. The lowest BCUT2D eigenvalue weighted by Gasteiger charge is -2.14. The topological polar surface area (TPSA) is 38.0 Å². The second kappa shape index (κ2) is 5.26. The molecule has 1 unspecified atom stereocenters. The highest BCUT2D eigenvalue weighted by atomic mass is 15.1. The Labute approximate surface area is 117 Å². The van der Waals surface area contributed by atoms with Gasteiger partial charge in [-0.2, -0.15) is 0 Å². The van der Waals surface area contributed by atoms with E-state index in [2.05, 4.69) is 63.3 Å². The minimum atomic E-state index is 0.243. The third-order valence-corrected chi connectivity index (χ3v) is 5.25. The molecule has 0 bridgehead atoms. The highest BCUT2D eigenvalue weighted by Crippen LogP contribution is 2.62. The van der Waals surface area contributed by atoms with Gasteiger partial charge in [0.2, 0.25) is 0 Å². The summed E-state index contributed by atoms with van der Waals surface area (Å²) in [6.45, 7) is 10.3. The standard InChI is InChI=1S/C17H28N2/c1-16(2)15(17(16,3)4)19-12-14(18)11-10-13-8-6-5-7-9-13/h5-9,14-15,19H,10-12,18H2,1-4H3. The van der Waals surface area contributed by atoms with Gasteiger partial charge in [-0.1, -0.05) is 58.0 Å². The summed E-state index contributed by atoms with van der Waals surface area (Å²) in [5, 5.41) is 3.65. The molecule has 0 aromatic heterocycles. The molecule has 1 fully saturated rings. The summed E-state index contributed by atoms with van der Waals surface area (Å²) in [6.07, 6.45) is 2.12. The summed E-state index contributed by atoms with van der Waals surface area (Å²) in [5.74, 6) is 0. The van der Waals surface area contributed by atoms with E-state index in [-0.39, 0.29) is 6.04 Å². The van der Waals surface area contributed by atoms with Crippen molar-refractivity contribution >= 4 is 0 Å². The first-order valence-corrected chi connectivity index (χ1v) is 7.38. The van der Waals surface area contributed by atoms with Crippen molar-refractivity contribution in [2.24, 2.45) is 16.6 Å². The van der Waals surface area contributed by atoms with Crippen molar-refractivity contribution in [1.82, 2.24) is 5.32 Å². The molecular weight excluding hydrogens is 232 g/mol. The van der Waals surface area contributed by atoms with Gasteiger partial charge in [0.05, 0.1) is 0 Å². The molecule has 0 saturated heterocycles. The Kier molecular flexibility index (Phi) is 4.03. The quantitative estimate of drug-likeness (QED) is 0.825. The minimum absolute atomic E-state index is 0.243. The van der Waals surface area contributed by atoms with Gasteiger partial charge in [0.1, 0.15) is 0 Å². The number of benzene rings is 1. The van der Waals surface area contributed by atoms with Crippen LogP contribution in [0.5, 0.6) is 0 Å². The van der Waals surface area contributed by atoms with Crippen molar-refractivity contribution in [1.29, 1.82) is 0 Å². The van der Waals surface area contributed by atoms with Crippen LogP contribution in [0.1, 0.15) is 39.7 Å². The fourth-order valence-electron chi connectivity index (χ4n) is 3.07. The first-order chi connectivity index (χ1) is 8.85. The maximum absolute atomic E-state index is 6.21. The average Bonchev–Trinajstić information content (AvgIpc) is 2.76. The van der Waals surface area contributed by atoms with Gasteiger partial charge in [-0.3, -0.25) is 0 Å². The largest absolute Gasteiger partial charge is 0.327 e. The molecule has 0 radical (unpaired) electrons. The van der Waals surface area contributed by atoms with Crippen LogP contribution in [0.4, 0.5) is 0 Å². The Morgan fingerprint density at radius 1 is 1.11 bits per heavy atom. The third kappa shape index (κ3) is 3.01. The van der Waals surface area contributed by atoms with E-state index in [4.69, 9.17) is 5.73 Å². The van der Waals surface area contributed by atoms with Gasteiger partial charge in [-0.05, 0) is 29.2 Å². The molecule has 2 rings (SSSR count). The zero-order valence-electron chi connectivity index (χ0n) is 12.7. The fraction of sp³-hybridized carbons (Fsp3) is 0.647. The van der Waals surface area contributed by atoms with Crippen LogP contribution in [0.2, 0.25) is 0 Å². The number of hydrogen-bond donors (Lipinski definition) is 2. The lowest BCUT2D eigenvalue weighted by Crippen LogP contribution is -2.37. The highest BCUT2D eigenvalue weighted by molar-refractivity contribution is 5.18. The number of nitrogens with one attached hydrogen (secondary N) is 1. The first-order valence-electron chi connectivity index (χ1n) is 7.38. The Balaban J connectivity index is 1.70. The molecule has 0 heterocycles. The third-order valence-electron chi connectivity index (χ3n) is 5.25. The first kappa shape index (κ1) is 14.5. The predicted molar refractivity (Wildman–Crippen MR) is 82.1 cm³/mol. The molecule has 1 saturated carbocycles. The molecule has 0 amide bonds. The van der Waals surface area contributed by atoms with E-state index < -0.39 is 0 Å². The van der Waals surface area contributed by atoms with Gasteiger partial charge < -0.3 is 11.1 Å². The Hall–Kier alpha value is -0.860. The zero-order chi connectivity index (χ0) is 14.1. The predicted octanol–water partition coefficient (Wildman–Crippen LogP) is 2.97. The maximum atomic E-state index is 6.21.